The Bertz CT molecular complexity index is 274. The molecule has 0 aromatic rings. The van der Waals surface area contributed by atoms with Gasteiger partial charge in [0.25, 0.3) is 0 Å². The molecule has 96 valence electrons. The Morgan fingerprint density at radius 2 is 2.35 bits per heavy atom. The highest BCUT2D eigenvalue weighted by atomic mass is 16.1. The summed E-state index contributed by atoms with van der Waals surface area (Å²) in [4.78, 5) is 11.6. The highest BCUT2D eigenvalue weighted by Gasteiger charge is 2.26. The number of carbonyl (C=O) groups is 1. The van der Waals surface area contributed by atoms with E-state index in [1.807, 2.05) is 0 Å². The molecule has 1 fully saturated rings. The number of nitrogens with one attached hydrogen (secondary N) is 2. The van der Waals surface area contributed by atoms with Gasteiger partial charge in [0.05, 0.1) is 0 Å². The van der Waals surface area contributed by atoms with Crippen molar-refractivity contribution in [1.82, 2.24) is 10.6 Å². The predicted molar refractivity (Wildman–Crippen MR) is 70.5 cm³/mol. The third-order valence-corrected chi connectivity index (χ3v) is 3.37. The summed E-state index contributed by atoms with van der Waals surface area (Å²) >= 11 is 0. The number of amides is 1. The first-order chi connectivity index (χ1) is 8.16. The summed E-state index contributed by atoms with van der Waals surface area (Å²) < 4.78 is 0. The third kappa shape index (κ3) is 5.74. The van der Waals surface area contributed by atoms with E-state index in [2.05, 4.69) is 23.5 Å². The molecule has 3 nitrogen and oxygen atoms in total. The monoisotopic (exact) mass is 236 g/mol. The van der Waals surface area contributed by atoms with Crippen molar-refractivity contribution in [3.05, 3.63) is 0 Å². The molecular weight excluding hydrogens is 212 g/mol. The molecule has 3 heteroatoms. The number of piperidine rings is 1. The second-order valence-corrected chi connectivity index (χ2v) is 5.28. The maximum Gasteiger partial charge on any atom is 0.220 e. The molecular formula is C14H24N2O. The van der Waals surface area contributed by atoms with Crippen LogP contribution in [-0.2, 0) is 4.79 Å². The van der Waals surface area contributed by atoms with Gasteiger partial charge in [0.2, 0.25) is 5.91 Å². The van der Waals surface area contributed by atoms with Crippen LogP contribution in [0.5, 0.6) is 0 Å². The van der Waals surface area contributed by atoms with Crippen LogP contribution in [0.25, 0.3) is 0 Å². The van der Waals surface area contributed by atoms with Crippen LogP contribution in [-0.4, -0.2) is 25.5 Å². The SMILES string of the molecule is C#CCCCCC(=O)NCC1(C)CCCNC1. The maximum atomic E-state index is 11.6. The van der Waals surface area contributed by atoms with Gasteiger partial charge in [0.15, 0.2) is 0 Å². The van der Waals surface area contributed by atoms with Crippen LogP contribution in [0.4, 0.5) is 0 Å². The number of terminal acetylenes is 1. The number of carbonyl (C=O) groups excluding carboxylic acids is 1. The average Bonchev–Trinajstić information content (AvgIpc) is 2.33. The van der Waals surface area contributed by atoms with Gasteiger partial charge in [-0.2, -0.15) is 0 Å². The molecule has 1 aliphatic rings. The minimum atomic E-state index is 0.161. The summed E-state index contributed by atoms with van der Waals surface area (Å²) in [5.41, 5.74) is 0.229. The van der Waals surface area contributed by atoms with Gasteiger partial charge < -0.3 is 10.6 Å². The minimum absolute atomic E-state index is 0.161. The van der Waals surface area contributed by atoms with Crippen molar-refractivity contribution in [1.29, 1.82) is 0 Å². The van der Waals surface area contributed by atoms with E-state index >= 15 is 0 Å². The molecule has 1 rings (SSSR count). The Morgan fingerprint density at radius 3 is 3.00 bits per heavy atom. The van der Waals surface area contributed by atoms with Gasteiger partial charge in [-0.1, -0.05) is 6.92 Å². The van der Waals surface area contributed by atoms with Crippen molar-refractivity contribution in [2.45, 2.75) is 45.4 Å². The van der Waals surface area contributed by atoms with Gasteiger partial charge in [-0.15, -0.1) is 12.3 Å². The Kier molecular flexibility index (Phi) is 6.07. The Morgan fingerprint density at radius 1 is 1.53 bits per heavy atom. The second kappa shape index (κ2) is 7.34. The van der Waals surface area contributed by atoms with Gasteiger partial charge >= 0.3 is 0 Å². The molecule has 1 amide bonds. The first-order valence-corrected chi connectivity index (χ1v) is 6.57. The van der Waals surface area contributed by atoms with Gasteiger partial charge in [-0.25, -0.2) is 0 Å². The molecule has 0 saturated carbocycles. The summed E-state index contributed by atoms with van der Waals surface area (Å²) in [5, 5.41) is 6.42. The average molecular weight is 236 g/mol. The van der Waals surface area contributed by atoms with Gasteiger partial charge in [0.1, 0.15) is 0 Å². The van der Waals surface area contributed by atoms with Crippen molar-refractivity contribution in [2.75, 3.05) is 19.6 Å². The van der Waals surface area contributed by atoms with Crippen LogP contribution in [0.2, 0.25) is 0 Å². The fraction of sp³-hybridized carbons (Fsp3) is 0.786. The van der Waals surface area contributed by atoms with Crippen molar-refractivity contribution in [3.63, 3.8) is 0 Å². The highest BCUT2D eigenvalue weighted by Crippen LogP contribution is 2.24. The van der Waals surface area contributed by atoms with Gasteiger partial charge in [-0.3, -0.25) is 4.79 Å². The third-order valence-electron chi connectivity index (χ3n) is 3.37. The largest absolute Gasteiger partial charge is 0.356 e. The molecule has 0 radical (unpaired) electrons. The van der Waals surface area contributed by atoms with E-state index in [1.54, 1.807) is 0 Å². The smallest absolute Gasteiger partial charge is 0.220 e. The normalized spacial score (nSPS) is 24.0. The lowest BCUT2D eigenvalue weighted by atomic mass is 9.83. The molecule has 0 spiro atoms. The maximum absolute atomic E-state index is 11.6. The molecule has 1 saturated heterocycles. The summed E-state index contributed by atoms with van der Waals surface area (Å²) in [6, 6.07) is 0. The number of unbranched alkanes of at least 4 members (excludes halogenated alkanes) is 2. The molecule has 1 heterocycles. The molecule has 2 N–H and O–H groups in total. The van der Waals surface area contributed by atoms with Crippen LogP contribution in [0.15, 0.2) is 0 Å². The fourth-order valence-corrected chi connectivity index (χ4v) is 2.18. The van der Waals surface area contributed by atoms with Crippen molar-refractivity contribution < 1.29 is 4.79 Å². The Hall–Kier alpha value is -1.01. The standard InChI is InChI=1S/C14H24N2O/c1-3-4-5-6-8-13(17)16-12-14(2)9-7-10-15-11-14/h1,15H,4-12H2,2H3,(H,16,17). The van der Waals surface area contributed by atoms with E-state index in [9.17, 15) is 4.79 Å². The van der Waals surface area contributed by atoms with Crippen LogP contribution in [0.1, 0.15) is 45.4 Å². The van der Waals surface area contributed by atoms with Gasteiger partial charge in [-0.05, 0) is 37.6 Å². The molecule has 0 bridgehead atoms. The van der Waals surface area contributed by atoms with Crippen molar-refractivity contribution in [3.8, 4) is 12.3 Å². The van der Waals surface area contributed by atoms with E-state index in [-0.39, 0.29) is 11.3 Å². The summed E-state index contributed by atoms with van der Waals surface area (Å²) in [7, 11) is 0. The molecule has 0 aromatic carbocycles. The van der Waals surface area contributed by atoms with Crippen LogP contribution in [0.3, 0.4) is 0 Å². The van der Waals surface area contributed by atoms with E-state index in [0.717, 1.165) is 38.9 Å². The lowest BCUT2D eigenvalue weighted by Gasteiger charge is -2.34. The van der Waals surface area contributed by atoms with E-state index < -0.39 is 0 Å². The quantitative estimate of drug-likeness (QED) is 0.544. The van der Waals surface area contributed by atoms with Gasteiger partial charge in [0, 0.05) is 25.9 Å². The zero-order valence-electron chi connectivity index (χ0n) is 10.8. The summed E-state index contributed by atoms with van der Waals surface area (Å²) in [6.45, 7) is 5.13. The first kappa shape index (κ1) is 14.1. The van der Waals surface area contributed by atoms with Crippen LogP contribution >= 0.6 is 0 Å². The van der Waals surface area contributed by atoms with Crippen molar-refractivity contribution >= 4 is 5.91 Å². The fourth-order valence-electron chi connectivity index (χ4n) is 2.18. The lowest BCUT2D eigenvalue weighted by molar-refractivity contribution is -0.121. The number of hydrogen-bond acceptors (Lipinski definition) is 2. The zero-order chi connectivity index (χ0) is 12.6. The molecule has 0 aliphatic carbocycles. The predicted octanol–water partition coefficient (Wildman–Crippen LogP) is 1.69. The first-order valence-electron chi connectivity index (χ1n) is 6.57. The highest BCUT2D eigenvalue weighted by molar-refractivity contribution is 5.75. The lowest BCUT2D eigenvalue weighted by Crippen LogP contribution is -2.45. The Balaban J connectivity index is 2.12. The molecule has 1 unspecified atom stereocenters. The summed E-state index contributed by atoms with van der Waals surface area (Å²) in [6.07, 6.45) is 10.8. The molecule has 1 aliphatic heterocycles. The minimum Gasteiger partial charge on any atom is -0.356 e. The van der Waals surface area contributed by atoms with E-state index in [4.69, 9.17) is 6.42 Å². The second-order valence-electron chi connectivity index (χ2n) is 5.28. The summed E-state index contributed by atoms with van der Waals surface area (Å²) in [5.74, 6) is 2.75. The molecule has 1 atom stereocenters. The van der Waals surface area contributed by atoms with Crippen LogP contribution < -0.4 is 10.6 Å². The zero-order valence-corrected chi connectivity index (χ0v) is 10.8. The van der Waals surface area contributed by atoms with Crippen LogP contribution in [0, 0.1) is 17.8 Å². The molecule has 0 aromatic heterocycles. The molecule has 17 heavy (non-hydrogen) atoms. The van der Waals surface area contributed by atoms with E-state index in [1.165, 1.54) is 12.8 Å². The van der Waals surface area contributed by atoms with Crippen molar-refractivity contribution in [2.24, 2.45) is 5.41 Å². The number of rotatable bonds is 6. The number of hydrogen-bond donors (Lipinski definition) is 2. The topological polar surface area (TPSA) is 41.1 Å². The Labute approximate surface area is 105 Å². The van der Waals surface area contributed by atoms with E-state index in [0.29, 0.717) is 6.42 Å².